The third-order valence-corrected chi connectivity index (χ3v) is 6.22. The fraction of sp³-hybridized carbons (Fsp3) is 0. The monoisotopic (exact) mass is 388 g/mol. The number of benzene rings is 6. The predicted octanol–water partition coefficient (Wildman–Crippen LogP) is 8.62. The van der Waals surface area contributed by atoms with Crippen molar-refractivity contribution in [2.45, 2.75) is 0 Å². The summed E-state index contributed by atoms with van der Waals surface area (Å²) in [7, 11) is 0. The normalized spacial score (nSPS) is 11.6. The Morgan fingerprint density at radius 3 is 1.83 bits per heavy atom. The summed E-state index contributed by atoms with van der Waals surface area (Å²) in [5.74, 6) is 0. The van der Waals surface area contributed by atoms with Crippen molar-refractivity contribution in [2.75, 3.05) is 0 Å². The van der Waals surface area contributed by atoms with E-state index in [9.17, 15) is 0 Å². The Balaban J connectivity index is 1.88. The van der Waals surface area contributed by atoms with Gasteiger partial charge in [0, 0.05) is 10.6 Å². The first-order chi connectivity index (χ1) is 14.3. The molecular formula is C28H17Cl. The molecule has 0 N–H and O–H groups in total. The van der Waals surface area contributed by atoms with Crippen molar-refractivity contribution in [2.24, 2.45) is 0 Å². The first-order valence-corrected chi connectivity index (χ1v) is 10.2. The molecule has 1 heteroatoms. The summed E-state index contributed by atoms with van der Waals surface area (Å²) in [6.07, 6.45) is 0. The molecule has 6 aromatic carbocycles. The minimum Gasteiger partial charge on any atom is -0.0837 e. The van der Waals surface area contributed by atoms with E-state index in [0.717, 1.165) is 10.6 Å². The number of rotatable bonds is 1. The van der Waals surface area contributed by atoms with E-state index in [-0.39, 0.29) is 0 Å². The Bertz CT molecular complexity index is 1560. The maximum atomic E-state index is 6.58. The van der Waals surface area contributed by atoms with E-state index in [4.69, 9.17) is 11.6 Å². The largest absolute Gasteiger partial charge is 0.0837 e. The molecular weight excluding hydrogens is 372 g/mol. The molecule has 6 aromatic rings. The van der Waals surface area contributed by atoms with Gasteiger partial charge in [0.05, 0.1) is 0 Å². The second-order valence-electron chi connectivity index (χ2n) is 7.50. The Labute approximate surface area is 174 Å². The molecule has 6 rings (SSSR count). The van der Waals surface area contributed by atoms with Crippen LogP contribution in [0.15, 0.2) is 103 Å². The zero-order valence-electron chi connectivity index (χ0n) is 15.7. The summed E-state index contributed by atoms with van der Waals surface area (Å²) in [4.78, 5) is 0. The fourth-order valence-corrected chi connectivity index (χ4v) is 4.83. The second kappa shape index (κ2) is 6.34. The molecule has 0 fully saturated rings. The molecule has 0 saturated carbocycles. The van der Waals surface area contributed by atoms with Crippen molar-refractivity contribution in [3.63, 3.8) is 0 Å². The van der Waals surface area contributed by atoms with Gasteiger partial charge in [0.25, 0.3) is 0 Å². The van der Waals surface area contributed by atoms with Crippen molar-refractivity contribution in [3.8, 4) is 11.1 Å². The highest BCUT2D eigenvalue weighted by Gasteiger charge is 2.13. The third-order valence-electron chi connectivity index (χ3n) is 5.89. The Kier molecular flexibility index (Phi) is 3.62. The van der Waals surface area contributed by atoms with Crippen molar-refractivity contribution in [1.29, 1.82) is 0 Å². The minimum absolute atomic E-state index is 0.781. The predicted molar refractivity (Wildman–Crippen MR) is 127 cm³/mol. The SMILES string of the molecule is Clc1ccccc1-c1cc2ccc3ccc4ccccc4c3c2c2ccccc12. The lowest BCUT2D eigenvalue weighted by atomic mass is 9.89. The molecule has 0 nitrogen and oxygen atoms in total. The summed E-state index contributed by atoms with van der Waals surface area (Å²) >= 11 is 6.58. The van der Waals surface area contributed by atoms with Gasteiger partial charge in [-0.05, 0) is 60.8 Å². The third kappa shape index (κ3) is 2.46. The van der Waals surface area contributed by atoms with Crippen LogP contribution < -0.4 is 0 Å². The summed E-state index contributed by atoms with van der Waals surface area (Å²) in [6, 6.07) is 36.6. The van der Waals surface area contributed by atoms with Crippen LogP contribution in [0.4, 0.5) is 0 Å². The average molecular weight is 389 g/mol. The van der Waals surface area contributed by atoms with Gasteiger partial charge in [0.2, 0.25) is 0 Å². The van der Waals surface area contributed by atoms with Crippen LogP contribution in [0.1, 0.15) is 0 Å². The summed E-state index contributed by atoms with van der Waals surface area (Å²) in [6.45, 7) is 0. The first-order valence-electron chi connectivity index (χ1n) is 9.82. The van der Waals surface area contributed by atoms with E-state index in [1.54, 1.807) is 0 Å². The Morgan fingerprint density at radius 1 is 0.414 bits per heavy atom. The maximum absolute atomic E-state index is 6.58. The van der Waals surface area contributed by atoms with E-state index >= 15 is 0 Å². The van der Waals surface area contributed by atoms with E-state index in [0.29, 0.717) is 0 Å². The number of fused-ring (bicyclic) bond motifs is 7. The van der Waals surface area contributed by atoms with Crippen LogP contribution in [0.2, 0.25) is 5.02 Å². The van der Waals surface area contributed by atoms with E-state index < -0.39 is 0 Å². The number of halogens is 1. The van der Waals surface area contributed by atoms with Crippen LogP contribution in [0.3, 0.4) is 0 Å². The molecule has 0 aromatic heterocycles. The molecule has 0 radical (unpaired) electrons. The van der Waals surface area contributed by atoms with E-state index in [1.807, 2.05) is 18.2 Å². The molecule has 0 unspecified atom stereocenters. The topological polar surface area (TPSA) is 0 Å². The molecule has 0 aliphatic carbocycles. The van der Waals surface area contributed by atoms with Gasteiger partial charge in [-0.1, -0.05) is 103 Å². The molecule has 29 heavy (non-hydrogen) atoms. The molecule has 0 atom stereocenters. The lowest BCUT2D eigenvalue weighted by Gasteiger charge is -2.15. The van der Waals surface area contributed by atoms with Crippen molar-refractivity contribution in [3.05, 3.63) is 108 Å². The Morgan fingerprint density at radius 2 is 1.00 bits per heavy atom. The summed E-state index contributed by atoms with van der Waals surface area (Å²) in [5.41, 5.74) is 2.25. The summed E-state index contributed by atoms with van der Waals surface area (Å²) in [5, 5.41) is 11.0. The lowest BCUT2D eigenvalue weighted by molar-refractivity contribution is 1.67. The van der Waals surface area contributed by atoms with Gasteiger partial charge in [0.15, 0.2) is 0 Å². The second-order valence-corrected chi connectivity index (χ2v) is 7.91. The van der Waals surface area contributed by atoms with Gasteiger partial charge in [-0.3, -0.25) is 0 Å². The van der Waals surface area contributed by atoms with Crippen molar-refractivity contribution >= 4 is 54.7 Å². The van der Waals surface area contributed by atoms with Gasteiger partial charge in [-0.2, -0.15) is 0 Å². The molecule has 0 heterocycles. The molecule has 0 aliphatic heterocycles. The molecule has 0 saturated heterocycles. The average Bonchev–Trinajstić information content (AvgIpc) is 2.78. The minimum atomic E-state index is 0.781. The lowest BCUT2D eigenvalue weighted by Crippen LogP contribution is -1.88. The molecule has 0 aliphatic rings. The van der Waals surface area contributed by atoms with Crippen LogP contribution in [-0.4, -0.2) is 0 Å². The van der Waals surface area contributed by atoms with Crippen LogP contribution in [0, 0.1) is 0 Å². The van der Waals surface area contributed by atoms with E-state index in [1.165, 1.54) is 48.7 Å². The summed E-state index contributed by atoms with van der Waals surface area (Å²) < 4.78 is 0. The van der Waals surface area contributed by atoms with Crippen molar-refractivity contribution < 1.29 is 0 Å². The number of hydrogen-bond acceptors (Lipinski definition) is 0. The van der Waals surface area contributed by atoms with Crippen LogP contribution >= 0.6 is 11.6 Å². The molecule has 0 spiro atoms. The molecule has 0 amide bonds. The van der Waals surface area contributed by atoms with Crippen molar-refractivity contribution in [1.82, 2.24) is 0 Å². The smallest absolute Gasteiger partial charge is 0.0484 e. The quantitative estimate of drug-likeness (QED) is 0.247. The van der Waals surface area contributed by atoms with Crippen LogP contribution in [0.25, 0.3) is 54.2 Å². The van der Waals surface area contributed by atoms with Gasteiger partial charge in [0.1, 0.15) is 0 Å². The highest BCUT2D eigenvalue weighted by molar-refractivity contribution is 6.35. The fourth-order valence-electron chi connectivity index (χ4n) is 4.60. The maximum Gasteiger partial charge on any atom is 0.0484 e. The first kappa shape index (κ1) is 16.6. The van der Waals surface area contributed by atoms with E-state index in [2.05, 4.69) is 84.9 Å². The highest BCUT2D eigenvalue weighted by Crippen LogP contribution is 2.41. The van der Waals surface area contributed by atoms with Gasteiger partial charge < -0.3 is 0 Å². The van der Waals surface area contributed by atoms with Crippen LogP contribution in [0.5, 0.6) is 0 Å². The van der Waals surface area contributed by atoms with Gasteiger partial charge in [-0.25, -0.2) is 0 Å². The molecule has 136 valence electrons. The zero-order chi connectivity index (χ0) is 19.4. The van der Waals surface area contributed by atoms with Gasteiger partial charge in [-0.15, -0.1) is 0 Å². The van der Waals surface area contributed by atoms with Crippen LogP contribution in [-0.2, 0) is 0 Å². The standard InChI is InChI=1S/C28H17Cl/c29-26-12-6-5-10-23(26)25-17-20-16-15-19-14-13-18-7-1-2-8-21(18)27(19)28(20)24-11-4-3-9-22(24)25/h1-17H. The Hall–Kier alpha value is -3.35. The molecule has 0 bridgehead atoms. The van der Waals surface area contributed by atoms with Gasteiger partial charge >= 0.3 is 0 Å². The zero-order valence-corrected chi connectivity index (χ0v) is 16.4. The number of hydrogen-bond donors (Lipinski definition) is 0. The highest BCUT2D eigenvalue weighted by atomic mass is 35.5.